The maximum absolute atomic E-state index is 13.5. The molecule has 0 radical (unpaired) electrons. The third-order valence-electron chi connectivity index (χ3n) is 6.44. The number of rotatable bonds is 6. The summed E-state index contributed by atoms with van der Waals surface area (Å²) < 4.78 is 0. The van der Waals surface area contributed by atoms with Gasteiger partial charge in [0.1, 0.15) is 11.9 Å². The average Bonchev–Trinajstić information content (AvgIpc) is 2.74. The lowest BCUT2D eigenvalue weighted by molar-refractivity contribution is -0.143. The fourth-order valence-corrected chi connectivity index (χ4v) is 5.02. The molecule has 2 fully saturated rings. The highest BCUT2D eigenvalue weighted by molar-refractivity contribution is 6.30. The summed E-state index contributed by atoms with van der Waals surface area (Å²) in [5.41, 5.74) is 0.791. The molecule has 0 saturated heterocycles. The largest absolute Gasteiger partial charge is 0.351 e. The van der Waals surface area contributed by atoms with Crippen LogP contribution in [0, 0.1) is 5.92 Å². The van der Waals surface area contributed by atoms with Crippen molar-refractivity contribution in [2.75, 3.05) is 5.88 Å². The zero-order valence-electron chi connectivity index (χ0n) is 17.2. The van der Waals surface area contributed by atoms with Crippen LogP contribution >= 0.6 is 23.2 Å². The molecule has 6 heteroatoms. The topological polar surface area (TPSA) is 49.4 Å². The van der Waals surface area contributed by atoms with Gasteiger partial charge >= 0.3 is 0 Å². The normalized spacial score (nSPS) is 24.0. The predicted molar refractivity (Wildman–Crippen MR) is 118 cm³/mol. The predicted octanol–water partition coefficient (Wildman–Crippen LogP) is 5.48. The summed E-state index contributed by atoms with van der Waals surface area (Å²) in [7, 11) is 0. The van der Waals surface area contributed by atoms with Crippen LogP contribution in [-0.4, -0.2) is 34.7 Å². The Bertz CT molecular complexity index is 681. The van der Waals surface area contributed by atoms with Gasteiger partial charge in [-0.3, -0.25) is 9.59 Å². The van der Waals surface area contributed by atoms with Gasteiger partial charge < -0.3 is 10.2 Å². The van der Waals surface area contributed by atoms with Crippen molar-refractivity contribution in [2.24, 2.45) is 5.92 Å². The van der Waals surface area contributed by atoms with Gasteiger partial charge in [0, 0.05) is 17.1 Å². The molecule has 0 bridgehead atoms. The molecule has 1 N–H and O–H groups in total. The van der Waals surface area contributed by atoms with Gasteiger partial charge in [0.05, 0.1) is 0 Å². The molecule has 0 spiro atoms. The van der Waals surface area contributed by atoms with Crippen LogP contribution in [0.25, 0.3) is 0 Å². The number of hydrogen-bond donors (Lipinski definition) is 1. The Morgan fingerprint density at radius 1 is 1.03 bits per heavy atom. The summed E-state index contributed by atoms with van der Waals surface area (Å²) in [5.74, 6) is 0.262. The molecule has 0 unspecified atom stereocenters. The van der Waals surface area contributed by atoms with Crippen molar-refractivity contribution in [3.63, 3.8) is 0 Å². The van der Waals surface area contributed by atoms with E-state index in [0.29, 0.717) is 10.9 Å². The number of hydrogen-bond acceptors (Lipinski definition) is 2. The van der Waals surface area contributed by atoms with E-state index in [1.165, 1.54) is 6.42 Å². The van der Waals surface area contributed by atoms with E-state index in [1.54, 1.807) is 17.0 Å². The zero-order valence-corrected chi connectivity index (χ0v) is 18.7. The molecule has 2 amide bonds. The minimum Gasteiger partial charge on any atom is -0.351 e. The maximum Gasteiger partial charge on any atom is 0.247 e. The molecule has 0 aliphatic heterocycles. The fraction of sp³-hybridized carbons (Fsp3) is 0.652. The number of carbonyl (C=O) groups is 2. The first-order valence-corrected chi connectivity index (χ1v) is 11.8. The Morgan fingerprint density at radius 3 is 2.24 bits per heavy atom. The minimum atomic E-state index is -0.668. The molecule has 1 aromatic rings. The third-order valence-corrected chi connectivity index (χ3v) is 6.93. The molecule has 3 rings (SSSR count). The minimum absolute atomic E-state index is 0.0373. The van der Waals surface area contributed by atoms with Crippen molar-refractivity contribution in [3.8, 4) is 0 Å². The van der Waals surface area contributed by atoms with Crippen molar-refractivity contribution >= 4 is 35.0 Å². The highest BCUT2D eigenvalue weighted by atomic mass is 35.5. The second kappa shape index (κ2) is 10.7. The van der Waals surface area contributed by atoms with Crippen molar-refractivity contribution in [1.29, 1.82) is 0 Å². The number of nitrogens with one attached hydrogen (secondary N) is 1. The quantitative estimate of drug-likeness (QED) is 0.597. The van der Waals surface area contributed by atoms with E-state index < -0.39 is 6.04 Å². The molecular formula is C23H32Cl2N2O2. The number of benzene rings is 1. The van der Waals surface area contributed by atoms with E-state index >= 15 is 0 Å². The van der Waals surface area contributed by atoms with E-state index in [-0.39, 0.29) is 29.8 Å². The second-order valence-corrected chi connectivity index (χ2v) is 9.35. The van der Waals surface area contributed by atoms with Crippen LogP contribution in [0.5, 0.6) is 0 Å². The molecule has 0 aromatic heterocycles. The van der Waals surface area contributed by atoms with Crippen LogP contribution in [0.1, 0.15) is 76.3 Å². The van der Waals surface area contributed by atoms with Crippen LogP contribution in [-0.2, 0) is 9.59 Å². The lowest BCUT2D eigenvalue weighted by Gasteiger charge is -2.41. The number of carbonyl (C=O) groups excluding carboxylic acids is 2. The van der Waals surface area contributed by atoms with Crippen LogP contribution < -0.4 is 5.32 Å². The molecule has 2 aliphatic carbocycles. The van der Waals surface area contributed by atoms with E-state index in [0.717, 1.165) is 56.9 Å². The van der Waals surface area contributed by atoms with Gasteiger partial charge in [-0.2, -0.15) is 0 Å². The molecular weight excluding hydrogens is 407 g/mol. The zero-order chi connectivity index (χ0) is 20.8. The number of halogens is 2. The van der Waals surface area contributed by atoms with Gasteiger partial charge in [-0.1, -0.05) is 49.9 Å². The smallest absolute Gasteiger partial charge is 0.247 e. The summed E-state index contributed by atoms with van der Waals surface area (Å²) in [6.45, 7) is 2.25. The van der Waals surface area contributed by atoms with Gasteiger partial charge in [0.25, 0.3) is 0 Å². The molecule has 160 valence electrons. The third kappa shape index (κ3) is 5.88. The van der Waals surface area contributed by atoms with Gasteiger partial charge in [0.15, 0.2) is 0 Å². The van der Waals surface area contributed by atoms with Crippen LogP contribution in [0.15, 0.2) is 24.3 Å². The number of amides is 2. The molecule has 1 aromatic carbocycles. The Labute approximate surface area is 184 Å². The molecule has 1 atom stereocenters. The first kappa shape index (κ1) is 22.4. The highest BCUT2D eigenvalue weighted by Crippen LogP contribution is 2.34. The first-order chi connectivity index (χ1) is 14.0. The Morgan fingerprint density at radius 2 is 1.66 bits per heavy atom. The molecule has 4 nitrogen and oxygen atoms in total. The Balaban J connectivity index is 1.90. The molecule has 29 heavy (non-hydrogen) atoms. The van der Waals surface area contributed by atoms with E-state index in [2.05, 4.69) is 12.2 Å². The maximum atomic E-state index is 13.5. The van der Waals surface area contributed by atoms with Crippen LogP contribution in [0.4, 0.5) is 0 Å². The summed E-state index contributed by atoms with van der Waals surface area (Å²) in [6, 6.07) is 6.83. The fourth-order valence-electron chi connectivity index (χ4n) is 4.76. The van der Waals surface area contributed by atoms with E-state index in [1.807, 2.05) is 12.1 Å². The van der Waals surface area contributed by atoms with Gasteiger partial charge in [0.2, 0.25) is 11.8 Å². The first-order valence-electron chi connectivity index (χ1n) is 10.9. The molecule has 2 saturated carbocycles. The van der Waals surface area contributed by atoms with Crippen molar-refractivity contribution in [1.82, 2.24) is 10.2 Å². The standard InChI is InChI=1S/C23H32Cl2N2O2/c1-16-7-13-20(14-8-16)27(21(28)15-24)22(17-9-11-18(25)12-10-17)23(29)26-19-5-3-2-4-6-19/h9-12,16,19-20,22H,2-8,13-15H2,1H3,(H,26,29)/t16?,20?,22-/m0/s1. The van der Waals surface area contributed by atoms with E-state index in [4.69, 9.17) is 23.2 Å². The average molecular weight is 439 g/mol. The van der Waals surface area contributed by atoms with E-state index in [9.17, 15) is 9.59 Å². The lowest BCUT2D eigenvalue weighted by Crippen LogP contribution is -2.51. The summed E-state index contributed by atoms with van der Waals surface area (Å²) in [4.78, 5) is 28.2. The SMILES string of the molecule is CC1CCC(N(C(=O)CCl)[C@H](C(=O)NC2CCCCC2)c2ccc(Cl)cc2)CC1. The summed E-state index contributed by atoms with van der Waals surface area (Å²) in [6.07, 6.45) is 9.46. The summed E-state index contributed by atoms with van der Waals surface area (Å²) in [5, 5.41) is 3.84. The number of nitrogens with zero attached hydrogens (tertiary/aromatic N) is 1. The van der Waals surface area contributed by atoms with Gasteiger partial charge in [-0.25, -0.2) is 0 Å². The van der Waals surface area contributed by atoms with Gasteiger partial charge in [-0.15, -0.1) is 11.6 Å². The van der Waals surface area contributed by atoms with Crippen molar-refractivity contribution in [3.05, 3.63) is 34.9 Å². The van der Waals surface area contributed by atoms with Crippen LogP contribution in [0.2, 0.25) is 5.02 Å². The molecule has 0 heterocycles. The summed E-state index contributed by atoms with van der Waals surface area (Å²) >= 11 is 12.1. The van der Waals surface area contributed by atoms with Crippen LogP contribution in [0.3, 0.4) is 0 Å². The highest BCUT2D eigenvalue weighted by Gasteiger charge is 2.38. The van der Waals surface area contributed by atoms with Gasteiger partial charge in [-0.05, 0) is 62.1 Å². The Hall–Kier alpha value is -1.26. The Kier molecular flexibility index (Phi) is 8.25. The molecule has 2 aliphatic rings. The van der Waals surface area contributed by atoms with Crippen molar-refractivity contribution < 1.29 is 9.59 Å². The monoisotopic (exact) mass is 438 g/mol. The lowest BCUT2D eigenvalue weighted by atomic mass is 9.85. The van der Waals surface area contributed by atoms with Crippen molar-refractivity contribution in [2.45, 2.75) is 82.8 Å². The number of alkyl halides is 1. The second-order valence-electron chi connectivity index (χ2n) is 8.65.